The van der Waals surface area contributed by atoms with E-state index in [1.807, 2.05) is 42.5 Å². The Labute approximate surface area is 299 Å². The van der Waals surface area contributed by atoms with Crippen molar-refractivity contribution in [2.75, 3.05) is 20.3 Å². The van der Waals surface area contributed by atoms with Crippen LogP contribution in [0.2, 0.25) is 0 Å². The average molecular weight is 728 g/mol. The summed E-state index contributed by atoms with van der Waals surface area (Å²) in [4.78, 5) is 62.6. The molecule has 0 aromatic heterocycles. The van der Waals surface area contributed by atoms with Gasteiger partial charge in [0.05, 0.1) is 18.4 Å². The summed E-state index contributed by atoms with van der Waals surface area (Å²) < 4.78 is 38.7. The molecule has 5 aliphatic rings. The van der Waals surface area contributed by atoms with Crippen LogP contribution >= 0.6 is 0 Å². The molecule has 3 saturated carbocycles. The van der Waals surface area contributed by atoms with Crippen molar-refractivity contribution in [2.24, 2.45) is 11.1 Å². The second kappa shape index (κ2) is 16.1. The van der Waals surface area contributed by atoms with E-state index < -0.39 is 68.7 Å². The Morgan fingerprint density at radius 2 is 1.75 bits per heavy atom. The smallest absolute Gasteiger partial charge is 0.408 e. The van der Waals surface area contributed by atoms with E-state index in [-0.39, 0.29) is 32.1 Å². The van der Waals surface area contributed by atoms with Crippen molar-refractivity contribution in [1.82, 2.24) is 20.3 Å². The third kappa shape index (κ3) is 9.09. The van der Waals surface area contributed by atoms with Gasteiger partial charge in [-0.05, 0) is 64.2 Å². The standard InChI is InChI=1S/C36H49N5O9S/c1-48-23-30(24-12-6-5-7-13-24)39-50-27-20-31-32(42)38-36(34(44)40-51(46,47)28-18-19-28)21-25(36)14-8-3-2-4-9-17-29(33(43)41(31)22-27)37-35(45)49-26-15-10-11-16-26/h5-8,12-14,25-29,31H,2-4,9-11,15-23H2,1H3,(H,37,45)(H,38,42)(H,40,44)/b14-8-,39-30+/t25-,27-,29+,31+,36?/m1/s1. The number of nitrogens with zero attached hydrogens (tertiary/aromatic N) is 2. The van der Waals surface area contributed by atoms with Crippen LogP contribution in [0, 0.1) is 5.92 Å². The molecule has 2 aliphatic heterocycles. The lowest BCUT2D eigenvalue weighted by atomic mass is 10.0. The van der Waals surface area contributed by atoms with Gasteiger partial charge in [0.2, 0.25) is 21.8 Å². The Morgan fingerprint density at radius 3 is 2.47 bits per heavy atom. The lowest BCUT2D eigenvalue weighted by Crippen LogP contribution is -2.58. The summed E-state index contributed by atoms with van der Waals surface area (Å²) in [6.45, 7) is 0.151. The second-order valence-corrected chi connectivity index (χ2v) is 16.3. The van der Waals surface area contributed by atoms with Crippen molar-refractivity contribution >= 4 is 39.5 Å². The maximum absolute atomic E-state index is 14.4. The SMILES string of the molecule is COC/C(=N\O[C@@H]1C[C@H]2C(=O)NC3(C(=O)NS(=O)(=O)C4CC4)C[C@H]3/C=C\CCCCC[C@H](NC(=O)OC3CCCC3)C(=O)N2C1)c1ccccc1. The Morgan fingerprint density at radius 1 is 1.00 bits per heavy atom. The molecule has 3 N–H and O–H groups in total. The molecule has 2 heterocycles. The summed E-state index contributed by atoms with van der Waals surface area (Å²) in [6, 6.07) is 7.30. The fourth-order valence-electron chi connectivity index (χ4n) is 7.24. The molecule has 0 radical (unpaired) electrons. The molecule has 1 aromatic carbocycles. The number of carbonyl (C=O) groups is 4. The quantitative estimate of drug-likeness (QED) is 0.185. The van der Waals surface area contributed by atoms with Gasteiger partial charge in [-0.3, -0.25) is 19.1 Å². The van der Waals surface area contributed by atoms with E-state index in [2.05, 4.69) is 20.5 Å². The number of oxime groups is 1. The minimum absolute atomic E-state index is 0.0100. The van der Waals surface area contributed by atoms with Gasteiger partial charge in [0.25, 0.3) is 5.91 Å². The van der Waals surface area contributed by atoms with Crippen LogP contribution in [0.1, 0.15) is 89.0 Å². The van der Waals surface area contributed by atoms with Crippen molar-refractivity contribution in [3.8, 4) is 0 Å². The van der Waals surface area contributed by atoms with Gasteiger partial charge in [-0.2, -0.15) is 0 Å². The van der Waals surface area contributed by atoms with Crippen molar-refractivity contribution in [1.29, 1.82) is 0 Å². The van der Waals surface area contributed by atoms with Gasteiger partial charge in [-0.1, -0.05) is 60.5 Å². The van der Waals surface area contributed by atoms with Gasteiger partial charge in [0.1, 0.15) is 35.5 Å². The highest BCUT2D eigenvalue weighted by molar-refractivity contribution is 7.91. The van der Waals surface area contributed by atoms with Crippen LogP contribution in [0.15, 0.2) is 47.6 Å². The first kappa shape index (κ1) is 36.8. The Kier molecular flexibility index (Phi) is 11.6. The number of allylic oxidation sites excluding steroid dienone is 1. The maximum atomic E-state index is 14.4. The van der Waals surface area contributed by atoms with Gasteiger partial charge in [-0.25, -0.2) is 13.2 Å². The van der Waals surface area contributed by atoms with Crippen molar-refractivity contribution in [3.05, 3.63) is 48.0 Å². The third-order valence-electron chi connectivity index (χ3n) is 10.4. The number of benzene rings is 1. The molecule has 6 rings (SSSR count). The molecule has 4 amide bonds. The van der Waals surface area contributed by atoms with Gasteiger partial charge in [0.15, 0.2) is 0 Å². The van der Waals surface area contributed by atoms with Crippen molar-refractivity contribution < 1.29 is 41.9 Å². The lowest BCUT2D eigenvalue weighted by molar-refractivity contribution is -0.141. The predicted octanol–water partition coefficient (Wildman–Crippen LogP) is 3.06. The zero-order valence-corrected chi connectivity index (χ0v) is 29.9. The number of nitrogens with one attached hydrogen (secondary N) is 3. The molecule has 5 atom stereocenters. The Hall–Kier alpha value is -3.98. The van der Waals surface area contributed by atoms with Crippen LogP contribution in [0.5, 0.6) is 0 Å². The number of carbonyl (C=O) groups excluding carboxylic acids is 4. The van der Waals surface area contributed by atoms with Crippen molar-refractivity contribution in [3.63, 3.8) is 0 Å². The molecule has 278 valence electrons. The molecule has 15 heteroatoms. The van der Waals surface area contributed by atoms with E-state index in [0.717, 1.165) is 44.1 Å². The van der Waals surface area contributed by atoms with Crippen LogP contribution < -0.4 is 15.4 Å². The number of fused-ring (bicyclic) bond motifs is 2. The first-order valence-electron chi connectivity index (χ1n) is 18.2. The molecule has 14 nitrogen and oxygen atoms in total. The van der Waals surface area contributed by atoms with E-state index in [9.17, 15) is 27.6 Å². The van der Waals surface area contributed by atoms with E-state index >= 15 is 0 Å². The fraction of sp³-hybridized carbons (Fsp3) is 0.639. The summed E-state index contributed by atoms with van der Waals surface area (Å²) in [5, 5.41) is 9.40. The summed E-state index contributed by atoms with van der Waals surface area (Å²) in [5.74, 6) is -2.28. The normalized spacial score (nSPS) is 29.8. The molecular formula is C36H49N5O9S. The third-order valence-corrected chi connectivity index (χ3v) is 12.2. The molecule has 4 fully saturated rings. The Balaban J connectivity index is 1.26. The minimum atomic E-state index is -3.87. The minimum Gasteiger partial charge on any atom is -0.446 e. The number of hydrogen-bond donors (Lipinski definition) is 3. The van der Waals surface area contributed by atoms with Crippen molar-refractivity contribution in [2.45, 2.75) is 119 Å². The molecule has 0 spiro atoms. The second-order valence-electron chi connectivity index (χ2n) is 14.3. The fourth-order valence-corrected chi connectivity index (χ4v) is 8.60. The highest BCUT2D eigenvalue weighted by Gasteiger charge is 2.62. The first-order valence-corrected chi connectivity index (χ1v) is 19.7. The number of methoxy groups -OCH3 is 1. The first-order chi connectivity index (χ1) is 24.6. The van der Waals surface area contributed by atoms with Crippen LogP contribution in [-0.4, -0.2) is 98.2 Å². The number of amides is 4. The Bertz CT molecular complexity index is 1610. The van der Waals surface area contributed by atoms with Gasteiger partial charge >= 0.3 is 6.09 Å². The van der Waals surface area contributed by atoms with Crippen LogP contribution in [-0.2, 0) is 38.7 Å². The van der Waals surface area contributed by atoms with Gasteiger partial charge in [-0.15, -0.1) is 0 Å². The van der Waals surface area contributed by atoms with E-state index in [4.69, 9.17) is 14.3 Å². The molecule has 3 aliphatic carbocycles. The van der Waals surface area contributed by atoms with E-state index in [1.54, 1.807) is 7.11 Å². The zero-order valence-electron chi connectivity index (χ0n) is 29.1. The zero-order chi connectivity index (χ0) is 36.0. The van der Waals surface area contributed by atoms with Crippen LogP contribution in [0.4, 0.5) is 4.79 Å². The summed E-state index contributed by atoms with van der Waals surface area (Å²) >= 11 is 0. The molecule has 1 aromatic rings. The summed E-state index contributed by atoms with van der Waals surface area (Å²) in [7, 11) is -2.33. The highest BCUT2D eigenvalue weighted by Crippen LogP contribution is 2.46. The molecule has 0 bridgehead atoms. The van der Waals surface area contributed by atoms with Gasteiger partial charge in [0, 0.05) is 25.0 Å². The number of alkyl carbamates (subject to hydrolysis) is 1. The monoisotopic (exact) mass is 727 g/mol. The number of hydrogen-bond acceptors (Lipinski definition) is 10. The number of rotatable bonds is 10. The topological polar surface area (TPSA) is 182 Å². The molecule has 1 saturated heterocycles. The maximum Gasteiger partial charge on any atom is 0.408 e. The largest absolute Gasteiger partial charge is 0.446 e. The number of ether oxygens (including phenoxy) is 2. The number of sulfonamides is 1. The van der Waals surface area contributed by atoms with E-state index in [0.29, 0.717) is 37.8 Å². The molecular weight excluding hydrogens is 678 g/mol. The lowest BCUT2D eigenvalue weighted by Gasteiger charge is -2.30. The highest BCUT2D eigenvalue weighted by atomic mass is 32.2. The van der Waals surface area contributed by atoms with E-state index in [1.165, 1.54) is 4.90 Å². The van der Waals surface area contributed by atoms with Gasteiger partial charge < -0.3 is 29.8 Å². The average Bonchev–Trinajstić information content (AvgIpc) is 3.98. The van der Waals surface area contributed by atoms with Crippen LogP contribution in [0.3, 0.4) is 0 Å². The summed E-state index contributed by atoms with van der Waals surface area (Å²) in [6.07, 6.45) is 10.3. The predicted molar refractivity (Wildman–Crippen MR) is 187 cm³/mol. The summed E-state index contributed by atoms with van der Waals surface area (Å²) in [5.41, 5.74) is -0.177. The molecule has 51 heavy (non-hydrogen) atoms. The van der Waals surface area contributed by atoms with Crippen LogP contribution in [0.25, 0.3) is 0 Å². The molecule has 1 unspecified atom stereocenters.